The highest BCUT2D eigenvalue weighted by molar-refractivity contribution is 6.39. The zero-order valence-corrected chi connectivity index (χ0v) is 14.1. The predicted octanol–water partition coefficient (Wildman–Crippen LogP) is 1.86. The summed E-state index contributed by atoms with van der Waals surface area (Å²) in [5.74, 6) is -1.22. The van der Waals surface area contributed by atoms with E-state index in [2.05, 4.69) is 5.32 Å². The van der Waals surface area contributed by atoms with Crippen molar-refractivity contribution >= 4 is 23.4 Å². The predicted molar refractivity (Wildman–Crippen MR) is 89.8 cm³/mol. The number of rotatable bonds is 6. The number of nitrogens with one attached hydrogen (secondary N) is 1. The van der Waals surface area contributed by atoms with Crippen LogP contribution in [0.2, 0.25) is 0 Å². The molecule has 0 saturated carbocycles. The van der Waals surface area contributed by atoms with E-state index in [1.807, 2.05) is 27.7 Å². The van der Waals surface area contributed by atoms with Crippen molar-refractivity contribution in [1.29, 1.82) is 0 Å². The van der Waals surface area contributed by atoms with E-state index in [1.54, 1.807) is 17.0 Å². The molecule has 1 aromatic carbocycles. The van der Waals surface area contributed by atoms with Gasteiger partial charge >= 0.3 is 11.8 Å². The van der Waals surface area contributed by atoms with E-state index in [0.29, 0.717) is 24.3 Å². The van der Waals surface area contributed by atoms with Gasteiger partial charge in [-0.3, -0.25) is 14.4 Å². The minimum absolute atomic E-state index is 0.278. The number of hydrogen-bond donors (Lipinski definition) is 2. The van der Waals surface area contributed by atoms with Crippen molar-refractivity contribution in [3.05, 3.63) is 29.8 Å². The van der Waals surface area contributed by atoms with Crippen molar-refractivity contribution in [2.45, 2.75) is 27.7 Å². The van der Waals surface area contributed by atoms with E-state index in [-0.39, 0.29) is 11.8 Å². The monoisotopic (exact) mass is 319 g/mol. The molecule has 0 aliphatic carbocycles. The lowest BCUT2D eigenvalue weighted by Crippen LogP contribution is -2.43. The Morgan fingerprint density at radius 3 is 1.87 bits per heavy atom. The quantitative estimate of drug-likeness (QED) is 0.784. The molecular formula is C17H25N3O3. The largest absolute Gasteiger partial charge is 0.366 e. The summed E-state index contributed by atoms with van der Waals surface area (Å²) in [7, 11) is 0. The molecule has 0 spiro atoms. The fourth-order valence-corrected chi connectivity index (χ4v) is 2.17. The van der Waals surface area contributed by atoms with E-state index < -0.39 is 17.7 Å². The first-order valence-corrected chi connectivity index (χ1v) is 7.70. The zero-order valence-electron chi connectivity index (χ0n) is 14.1. The highest BCUT2D eigenvalue weighted by atomic mass is 16.2. The Hall–Kier alpha value is -2.37. The molecule has 23 heavy (non-hydrogen) atoms. The lowest BCUT2D eigenvalue weighted by Gasteiger charge is -2.25. The van der Waals surface area contributed by atoms with Crippen molar-refractivity contribution in [2.75, 3.05) is 18.4 Å². The number of benzene rings is 1. The molecule has 6 nitrogen and oxygen atoms in total. The van der Waals surface area contributed by atoms with Crippen LogP contribution in [0.15, 0.2) is 24.3 Å². The van der Waals surface area contributed by atoms with Crippen LogP contribution in [0.1, 0.15) is 38.1 Å². The van der Waals surface area contributed by atoms with E-state index in [1.165, 1.54) is 12.1 Å². The molecule has 0 fully saturated rings. The second-order valence-electron chi connectivity index (χ2n) is 6.39. The van der Waals surface area contributed by atoms with Gasteiger partial charge in [-0.25, -0.2) is 0 Å². The molecule has 0 unspecified atom stereocenters. The second kappa shape index (κ2) is 8.31. The van der Waals surface area contributed by atoms with Crippen LogP contribution >= 0.6 is 0 Å². The van der Waals surface area contributed by atoms with Crippen LogP contribution in [0.4, 0.5) is 5.69 Å². The Morgan fingerprint density at radius 1 is 1.00 bits per heavy atom. The maximum Gasteiger partial charge on any atom is 0.313 e. The summed E-state index contributed by atoms with van der Waals surface area (Å²) in [5, 5.41) is 2.55. The molecule has 126 valence electrons. The number of nitrogens with two attached hydrogens (primary N) is 1. The smallest absolute Gasteiger partial charge is 0.313 e. The summed E-state index contributed by atoms with van der Waals surface area (Å²) in [5.41, 5.74) is 5.95. The van der Waals surface area contributed by atoms with Gasteiger partial charge in [0.05, 0.1) is 0 Å². The molecule has 0 aromatic heterocycles. The number of nitrogens with zero attached hydrogens (tertiary/aromatic N) is 1. The number of carbonyl (C=O) groups excluding carboxylic acids is 3. The van der Waals surface area contributed by atoms with E-state index in [9.17, 15) is 14.4 Å². The van der Waals surface area contributed by atoms with Gasteiger partial charge in [0.1, 0.15) is 0 Å². The maximum absolute atomic E-state index is 12.3. The van der Waals surface area contributed by atoms with Crippen molar-refractivity contribution in [3.63, 3.8) is 0 Å². The lowest BCUT2D eigenvalue weighted by atomic mass is 10.1. The fourth-order valence-electron chi connectivity index (χ4n) is 2.17. The summed E-state index contributed by atoms with van der Waals surface area (Å²) < 4.78 is 0. The number of primary amides is 1. The Kier molecular flexibility index (Phi) is 6.75. The third-order valence-electron chi connectivity index (χ3n) is 3.08. The highest BCUT2D eigenvalue weighted by Crippen LogP contribution is 2.10. The first kappa shape index (κ1) is 18.7. The minimum atomic E-state index is -0.682. The van der Waals surface area contributed by atoms with Crippen LogP contribution in [0, 0.1) is 11.8 Å². The first-order chi connectivity index (χ1) is 10.7. The van der Waals surface area contributed by atoms with Gasteiger partial charge < -0.3 is 16.0 Å². The van der Waals surface area contributed by atoms with Crippen molar-refractivity contribution in [1.82, 2.24) is 4.90 Å². The molecule has 0 atom stereocenters. The molecule has 0 saturated heterocycles. The van der Waals surface area contributed by atoms with Crippen LogP contribution < -0.4 is 11.1 Å². The molecule has 0 aliphatic rings. The number of carbonyl (C=O) groups is 3. The average molecular weight is 319 g/mol. The molecule has 1 rings (SSSR count). The third kappa shape index (κ3) is 6.10. The normalized spacial score (nSPS) is 10.7. The summed E-state index contributed by atoms with van der Waals surface area (Å²) >= 11 is 0. The van der Waals surface area contributed by atoms with Crippen molar-refractivity contribution in [2.24, 2.45) is 17.6 Å². The summed E-state index contributed by atoms with van der Waals surface area (Å²) in [6.45, 7) is 9.07. The number of amides is 3. The van der Waals surface area contributed by atoms with Gasteiger partial charge in [-0.1, -0.05) is 27.7 Å². The summed E-state index contributed by atoms with van der Waals surface area (Å²) in [6.07, 6.45) is 0. The number of hydrogen-bond acceptors (Lipinski definition) is 3. The highest BCUT2D eigenvalue weighted by Gasteiger charge is 2.23. The first-order valence-electron chi connectivity index (χ1n) is 7.70. The molecule has 0 radical (unpaired) electrons. The molecule has 3 N–H and O–H groups in total. The van der Waals surface area contributed by atoms with Gasteiger partial charge in [0.2, 0.25) is 5.91 Å². The average Bonchev–Trinajstić information content (AvgIpc) is 2.45. The molecule has 3 amide bonds. The van der Waals surface area contributed by atoms with Crippen LogP contribution in [-0.2, 0) is 9.59 Å². The molecule has 0 heterocycles. The minimum Gasteiger partial charge on any atom is -0.366 e. The molecule has 6 heteroatoms. The molecule has 0 bridgehead atoms. The van der Waals surface area contributed by atoms with Crippen LogP contribution in [0.5, 0.6) is 0 Å². The molecule has 0 aliphatic heterocycles. The Morgan fingerprint density at radius 2 is 1.48 bits per heavy atom. The van der Waals surface area contributed by atoms with E-state index >= 15 is 0 Å². The second-order valence-corrected chi connectivity index (χ2v) is 6.39. The van der Waals surface area contributed by atoms with Gasteiger partial charge in [-0.05, 0) is 36.1 Å². The standard InChI is InChI=1S/C17H25N3O3/c1-11(2)9-20(10-12(3)4)17(23)16(22)19-14-7-5-13(6-8-14)15(18)21/h5-8,11-12H,9-10H2,1-4H3,(H2,18,21)(H,19,22). The number of anilines is 1. The van der Waals surface area contributed by atoms with Crippen LogP contribution in [-0.4, -0.2) is 35.7 Å². The SMILES string of the molecule is CC(C)CN(CC(C)C)C(=O)C(=O)Nc1ccc(C(N)=O)cc1. The third-order valence-corrected chi connectivity index (χ3v) is 3.08. The Labute approximate surface area is 137 Å². The molecule has 1 aromatic rings. The summed E-state index contributed by atoms with van der Waals surface area (Å²) in [4.78, 5) is 37.1. The zero-order chi connectivity index (χ0) is 17.6. The van der Waals surface area contributed by atoms with Gasteiger partial charge in [0, 0.05) is 24.3 Å². The van der Waals surface area contributed by atoms with Gasteiger partial charge in [0.15, 0.2) is 0 Å². The van der Waals surface area contributed by atoms with Gasteiger partial charge in [-0.2, -0.15) is 0 Å². The topological polar surface area (TPSA) is 92.5 Å². The van der Waals surface area contributed by atoms with Crippen LogP contribution in [0.25, 0.3) is 0 Å². The van der Waals surface area contributed by atoms with E-state index in [4.69, 9.17) is 5.73 Å². The molecular weight excluding hydrogens is 294 g/mol. The summed E-state index contributed by atoms with van der Waals surface area (Å²) in [6, 6.07) is 6.09. The Bertz CT molecular complexity index is 555. The lowest BCUT2D eigenvalue weighted by molar-refractivity contribution is -0.143. The van der Waals surface area contributed by atoms with E-state index in [0.717, 1.165) is 0 Å². The Balaban J connectivity index is 2.76. The van der Waals surface area contributed by atoms with Crippen LogP contribution in [0.3, 0.4) is 0 Å². The fraction of sp³-hybridized carbons (Fsp3) is 0.471. The van der Waals surface area contributed by atoms with Crippen molar-refractivity contribution in [3.8, 4) is 0 Å². The van der Waals surface area contributed by atoms with Gasteiger partial charge in [-0.15, -0.1) is 0 Å². The van der Waals surface area contributed by atoms with Crippen molar-refractivity contribution < 1.29 is 14.4 Å². The maximum atomic E-state index is 12.3. The van der Waals surface area contributed by atoms with Gasteiger partial charge in [0.25, 0.3) is 0 Å².